The second-order valence-electron chi connectivity index (χ2n) is 4.10. The molecule has 9 heteroatoms. The van der Waals surface area contributed by atoms with E-state index in [0.29, 0.717) is 0 Å². The molecule has 0 aromatic carbocycles. The molecule has 1 heterocycles. The van der Waals surface area contributed by atoms with Crippen LogP contribution < -0.4 is 10.6 Å². The van der Waals surface area contributed by atoms with Crippen LogP contribution in [-0.2, 0) is 11.8 Å². The number of nitrogens with one attached hydrogen (secondary N) is 2. The predicted octanol–water partition coefficient (Wildman–Crippen LogP) is -0.558. The summed E-state index contributed by atoms with van der Waals surface area (Å²) in [6.07, 6.45) is 0. The summed E-state index contributed by atoms with van der Waals surface area (Å²) in [6.45, 7) is 3.01. The normalized spacial score (nSPS) is 11.0. The van der Waals surface area contributed by atoms with Crippen LogP contribution in [0.3, 0.4) is 0 Å². The lowest BCUT2D eigenvalue weighted by Gasteiger charge is -2.19. The number of urea groups is 1. The zero-order valence-corrected chi connectivity index (χ0v) is 9.76. The van der Waals surface area contributed by atoms with Crippen LogP contribution in [0.25, 0.3) is 0 Å². The number of aromatic nitrogens is 4. The molecule has 1 aromatic heterocycles. The minimum absolute atomic E-state index is 0.00553. The van der Waals surface area contributed by atoms with Crippen LogP contribution in [0.4, 0.5) is 10.7 Å². The molecule has 17 heavy (non-hydrogen) atoms. The molecule has 1 rings (SSSR count). The van der Waals surface area contributed by atoms with Gasteiger partial charge in [-0.05, 0) is 19.1 Å². The van der Waals surface area contributed by atoms with Gasteiger partial charge in [0.05, 0.1) is 12.5 Å². The maximum Gasteiger partial charge on any atom is 0.321 e. The van der Waals surface area contributed by atoms with Gasteiger partial charge in [0.1, 0.15) is 0 Å². The maximum atomic E-state index is 11.4. The Morgan fingerprint density at radius 2 is 2.12 bits per heavy atom. The Labute approximate surface area is 97.2 Å². The summed E-state index contributed by atoms with van der Waals surface area (Å²) in [7, 11) is 1.56. The summed E-state index contributed by atoms with van der Waals surface area (Å²) in [5.74, 6) is -0.937. The van der Waals surface area contributed by atoms with Crippen molar-refractivity contribution in [3.63, 3.8) is 0 Å². The standard InChI is InChI=1S/C8H14N6O3/c1-8(2,5(15)16)4-9-7(17)10-6-11-13-14(3)12-6/h4H2,1-3H3,(H,15,16)(H2,9,10,12,17). The summed E-state index contributed by atoms with van der Waals surface area (Å²) >= 11 is 0. The Hall–Kier alpha value is -2.19. The lowest BCUT2D eigenvalue weighted by atomic mass is 9.94. The molecular formula is C8H14N6O3. The van der Waals surface area contributed by atoms with Crippen LogP contribution in [0.5, 0.6) is 0 Å². The van der Waals surface area contributed by atoms with Gasteiger partial charge in [-0.25, -0.2) is 4.79 Å². The number of nitrogens with zero attached hydrogens (tertiary/aromatic N) is 4. The molecule has 0 radical (unpaired) electrons. The summed E-state index contributed by atoms with van der Waals surface area (Å²) in [5, 5.41) is 24.4. The van der Waals surface area contributed by atoms with Crippen molar-refractivity contribution in [3.05, 3.63) is 0 Å². The molecule has 0 spiro atoms. The highest BCUT2D eigenvalue weighted by Crippen LogP contribution is 2.12. The van der Waals surface area contributed by atoms with Crippen LogP contribution >= 0.6 is 0 Å². The van der Waals surface area contributed by atoms with Crippen molar-refractivity contribution in [3.8, 4) is 0 Å². The fraction of sp³-hybridized carbons (Fsp3) is 0.625. The minimum Gasteiger partial charge on any atom is -0.481 e. The van der Waals surface area contributed by atoms with E-state index in [0.717, 1.165) is 0 Å². The molecule has 0 fully saturated rings. The second-order valence-corrected chi connectivity index (χ2v) is 4.10. The molecule has 0 aliphatic heterocycles. The highest BCUT2D eigenvalue weighted by molar-refractivity contribution is 5.87. The van der Waals surface area contributed by atoms with E-state index in [2.05, 4.69) is 26.0 Å². The van der Waals surface area contributed by atoms with E-state index in [-0.39, 0.29) is 12.5 Å². The quantitative estimate of drug-likeness (QED) is 0.650. The SMILES string of the molecule is Cn1nnc(NC(=O)NCC(C)(C)C(=O)O)n1. The third-order valence-corrected chi connectivity index (χ3v) is 2.00. The lowest BCUT2D eigenvalue weighted by molar-refractivity contribution is -0.146. The van der Waals surface area contributed by atoms with Crippen LogP contribution in [-0.4, -0.2) is 43.9 Å². The van der Waals surface area contributed by atoms with Crippen molar-refractivity contribution < 1.29 is 14.7 Å². The minimum atomic E-state index is -1.03. The van der Waals surface area contributed by atoms with Gasteiger partial charge in [-0.1, -0.05) is 5.10 Å². The zero-order chi connectivity index (χ0) is 13.1. The van der Waals surface area contributed by atoms with Gasteiger partial charge in [-0.15, -0.1) is 5.10 Å². The molecule has 0 unspecified atom stereocenters. The molecule has 0 aliphatic carbocycles. The number of carbonyl (C=O) groups excluding carboxylic acids is 1. The fourth-order valence-electron chi connectivity index (χ4n) is 0.857. The Balaban J connectivity index is 2.43. The number of anilines is 1. The number of carboxylic acids is 1. The first-order valence-electron chi connectivity index (χ1n) is 4.83. The van der Waals surface area contributed by atoms with Gasteiger partial charge in [0.2, 0.25) is 0 Å². The smallest absolute Gasteiger partial charge is 0.321 e. The molecular weight excluding hydrogens is 228 g/mol. The predicted molar refractivity (Wildman–Crippen MR) is 57.2 cm³/mol. The number of aliphatic carboxylic acids is 1. The average Bonchev–Trinajstić information content (AvgIpc) is 2.61. The maximum absolute atomic E-state index is 11.4. The van der Waals surface area contributed by atoms with Crippen molar-refractivity contribution in [2.24, 2.45) is 12.5 Å². The number of amides is 2. The van der Waals surface area contributed by atoms with Crippen molar-refractivity contribution >= 4 is 17.9 Å². The fourth-order valence-corrected chi connectivity index (χ4v) is 0.857. The molecule has 2 amide bonds. The summed E-state index contributed by atoms with van der Waals surface area (Å²) < 4.78 is 0. The third-order valence-electron chi connectivity index (χ3n) is 2.00. The monoisotopic (exact) mass is 242 g/mol. The van der Waals surface area contributed by atoms with Crippen molar-refractivity contribution in [2.75, 3.05) is 11.9 Å². The molecule has 0 atom stereocenters. The number of carboxylic acid groups (broad SMARTS) is 1. The van der Waals surface area contributed by atoms with Gasteiger partial charge in [0, 0.05) is 6.54 Å². The number of tetrazole rings is 1. The average molecular weight is 242 g/mol. The van der Waals surface area contributed by atoms with E-state index in [1.165, 1.54) is 18.6 Å². The highest BCUT2D eigenvalue weighted by Gasteiger charge is 2.27. The van der Waals surface area contributed by atoms with Gasteiger partial charge >= 0.3 is 12.0 Å². The first-order valence-corrected chi connectivity index (χ1v) is 4.83. The lowest BCUT2D eigenvalue weighted by Crippen LogP contribution is -2.40. The first-order chi connectivity index (χ1) is 7.81. The van der Waals surface area contributed by atoms with Crippen molar-refractivity contribution in [1.29, 1.82) is 0 Å². The van der Waals surface area contributed by atoms with E-state index < -0.39 is 17.4 Å². The van der Waals surface area contributed by atoms with E-state index in [1.807, 2.05) is 0 Å². The van der Waals surface area contributed by atoms with E-state index >= 15 is 0 Å². The molecule has 0 aliphatic rings. The Bertz CT molecular complexity index is 427. The molecule has 94 valence electrons. The Kier molecular flexibility index (Phi) is 3.61. The summed E-state index contributed by atoms with van der Waals surface area (Å²) in [5.41, 5.74) is -1.03. The molecule has 0 bridgehead atoms. The van der Waals surface area contributed by atoms with Crippen molar-refractivity contribution in [1.82, 2.24) is 25.5 Å². The molecule has 0 saturated carbocycles. The van der Waals surface area contributed by atoms with Gasteiger partial charge < -0.3 is 10.4 Å². The van der Waals surface area contributed by atoms with Crippen molar-refractivity contribution in [2.45, 2.75) is 13.8 Å². The number of aryl methyl sites for hydroxylation is 1. The highest BCUT2D eigenvalue weighted by atomic mass is 16.4. The summed E-state index contributed by atoms with van der Waals surface area (Å²) in [6, 6.07) is -0.577. The Morgan fingerprint density at radius 3 is 2.59 bits per heavy atom. The van der Waals surface area contributed by atoms with Gasteiger partial charge in [0.25, 0.3) is 5.95 Å². The largest absolute Gasteiger partial charge is 0.481 e. The van der Waals surface area contributed by atoms with Crippen LogP contribution in [0.2, 0.25) is 0 Å². The molecule has 0 saturated heterocycles. The zero-order valence-electron chi connectivity index (χ0n) is 9.76. The van der Waals surface area contributed by atoms with E-state index in [1.54, 1.807) is 7.05 Å². The van der Waals surface area contributed by atoms with Gasteiger partial charge in [-0.3, -0.25) is 10.1 Å². The number of carbonyl (C=O) groups is 2. The number of hydrogen-bond donors (Lipinski definition) is 3. The summed E-state index contributed by atoms with van der Waals surface area (Å²) in [4.78, 5) is 23.3. The van der Waals surface area contributed by atoms with E-state index in [4.69, 9.17) is 5.11 Å². The first kappa shape index (κ1) is 12.9. The Morgan fingerprint density at radius 1 is 1.47 bits per heavy atom. The van der Waals surface area contributed by atoms with Crippen LogP contribution in [0, 0.1) is 5.41 Å². The molecule has 3 N–H and O–H groups in total. The van der Waals surface area contributed by atoms with Crippen LogP contribution in [0.1, 0.15) is 13.8 Å². The number of hydrogen-bond acceptors (Lipinski definition) is 5. The van der Waals surface area contributed by atoms with Crippen LogP contribution in [0.15, 0.2) is 0 Å². The van der Waals surface area contributed by atoms with Gasteiger partial charge in [0.15, 0.2) is 0 Å². The van der Waals surface area contributed by atoms with E-state index in [9.17, 15) is 9.59 Å². The molecule has 9 nitrogen and oxygen atoms in total. The molecule has 1 aromatic rings. The number of rotatable bonds is 4. The topological polar surface area (TPSA) is 122 Å². The third kappa shape index (κ3) is 3.70. The second kappa shape index (κ2) is 4.76. The van der Waals surface area contributed by atoms with Gasteiger partial charge in [-0.2, -0.15) is 4.80 Å².